The number of Topliss-reactive ketones (excluding diaryl/α,β-unsaturated/α-hetero) is 1. The van der Waals surface area contributed by atoms with Crippen LogP contribution in [0.5, 0.6) is 0 Å². The van der Waals surface area contributed by atoms with Crippen LogP contribution in [0.2, 0.25) is 0 Å². The van der Waals surface area contributed by atoms with Crippen LogP contribution < -0.4 is 5.32 Å². The summed E-state index contributed by atoms with van der Waals surface area (Å²) in [5.74, 6) is -1.29. The summed E-state index contributed by atoms with van der Waals surface area (Å²) in [7, 11) is 0. The summed E-state index contributed by atoms with van der Waals surface area (Å²) in [5, 5.41) is 2.59. The number of amides is 1. The van der Waals surface area contributed by atoms with E-state index in [-0.39, 0.29) is 35.7 Å². The van der Waals surface area contributed by atoms with E-state index in [0.717, 1.165) is 11.1 Å². The quantitative estimate of drug-likeness (QED) is 0.566. The summed E-state index contributed by atoms with van der Waals surface area (Å²) in [5.41, 5.74) is 2.84. The van der Waals surface area contributed by atoms with Crippen LogP contribution in [0.15, 0.2) is 48.5 Å². The fraction of sp³-hybridized carbons (Fsp3) is 0.400. The van der Waals surface area contributed by atoms with Crippen LogP contribution in [0.25, 0.3) is 0 Å². The Balaban J connectivity index is 2.01. The fourth-order valence-corrected chi connectivity index (χ4v) is 2.78. The van der Waals surface area contributed by atoms with E-state index in [0.29, 0.717) is 11.1 Å². The van der Waals surface area contributed by atoms with Crippen molar-refractivity contribution in [3.63, 3.8) is 0 Å². The zero-order valence-corrected chi connectivity index (χ0v) is 18.7. The average molecular weight is 410 g/mol. The Morgan fingerprint density at radius 1 is 0.800 bits per heavy atom. The first kappa shape index (κ1) is 23.3. The van der Waals surface area contributed by atoms with E-state index in [1.165, 1.54) is 0 Å². The molecule has 160 valence electrons. The van der Waals surface area contributed by atoms with Gasteiger partial charge < -0.3 is 10.1 Å². The van der Waals surface area contributed by atoms with Crippen molar-refractivity contribution in [2.45, 2.75) is 52.4 Å². The molecule has 0 atom stereocenters. The first-order chi connectivity index (χ1) is 13.9. The predicted octanol–water partition coefficient (Wildman–Crippen LogP) is 4.44. The van der Waals surface area contributed by atoms with Gasteiger partial charge in [-0.2, -0.15) is 0 Å². The monoisotopic (exact) mass is 409 g/mol. The van der Waals surface area contributed by atoms with Gasteiger partial charge in [-0.1, -0.05) is 77.9 Å². The zero-order chi connectivity index (χ0) is 22.5. The van der Waals surface area contributed by atoms with E-state index in [9.17, 15) is 14.4 Å². The Morgan fingerprint density at radius 2 is 1.33 bits per heavy atom. The number of hydrogen-bond donors (Lipinski definition) is 1. The number of esters is 1. The molecule has 2 aromatic rings. The minimum atomic E-state index is -0.657. The maximum absolute atomic E-state index is 12.7. The van der Waals surface area contributed by atoms with E-state index in [2.05, 4.69) is 52.9 Å². The highest BCUT2D eigenvalue weighted by Gasteiger charge is 2.22. The second kappa shape index (κ2) is 9.24. The molecule has 5 nitrogen and oxygen atoms in total. The molecule has 0 aliphatic carbocycles. The van der Waals surface area contributed by atoms with Gasteiger partial charge in [-0.05, 0) is 34.1 Å². The van der Waals surface area contributed by atoms with Gasteiger partial charge in [-0.3, -0.25) is 14.4 Å². The number of nitrogens with one attached hydrogen (secondary N) is 1. The summed E-state index contributed by atoms with van der Waals surface area (Å²) < 4.78 is 5.00. The largest absolute Gasteiger partial charge is 0.456 e. The molecule has 0 saturated carbocycles. The van der Waals surface area contributed by atoms with Crippen molar-refractivity contribution < 1.29 is 19.1 Å². The Bertz CT molecular complexity index is 886. The van der Waals surface area contributed by atoms with E-state index < -0.39 is 5.97 Å². The predicted molar refractivity (Wildman–Crippen MR) is 118 cm³/mol. The molecule has 0 heterocycles. The van der Waals surface area contributed by atoms with Gasteiger partial charge in [0.1, 0.15) is 6.54 Å². The lowest BCUT2D eigenvalue weighted by Gasteiger charge is -2.26. The normalized spacial score (nSPS) is 11.7. The molecule has 0 bridgehead atoms. The number of rotatable bonds is 6. The van der Waals surface area contributed by atoms with E-state index in [1.54, 1.807) is 30.3 Å². The molecular formula is C25H31NO4. The zero-order valence-electron chi connectivity index (χ0n) is 18.7. The lowest BCUT2D eigenvalue weighted by molar-refractivity contribution is -0.141. The van der Waals surface area contributed by atoms with Crippen LogP contribution >= 0.6 is 0 Å². The molecule has 0 spiro atoms. The highest BCUT2D eigenvalue weighted by molar-refractivity contribution is 5.99. The molecule has 2 aromatic carbocycles. The number of benzene rings is 2. The number of ether oxygens (including phenoxy) is 1. The van der Waals surface area contributed by atoms with Gasteiger partial charge in [0.15, 0.2) is 12.4 Å². The van der Waals surface area contributed by atoms with Crippen molar-refractivity contribution in [2.24, 2.45) is 0 Å². The highest BCUT2D eigenvalue weighted by Crippen LogP contribution is 2.30. The third kappa shape index (κ3) is 6.55. The van der Waals surface area contributed by atoms with Crippen LogP contribution in [0, 0.1) is 0 Å². The second-order valence-corrected chi connectivity index (χ2v) is 9.43. The van der Waals surface area contributed by atoms with E-state index >= 15 is 0 Å². The van der Waals surface area contributed by atoms with Crippen LogP contribution in [-0.4, -0.2) is 30.8 Å². The summed E-state index contributed by atoms with van der Waals surface area (Å²) in [4.78, 5) is 36.7. The molecule has 5 heteroatoms. The standard InChI is InChI=1S/C25H31NO4/c1-24(2,3)19-12-18(13-20(14-19)25(4,5)6)23(29)26-15-22(28)30-16-21(27)17-10-8-7-9-11-17/h7-14H,15-16H2,1-6H3,(H,26,29). The van der Waals surface area contributed by atoms with Crippen molar-refractivity contribution in [2.75, 3.05) is 13.2 Å². The van der Waals surface area contributed by atoms with Gasteiger partial charge in [0.25, 0.3) is 5.91 Å². The molecular weight excluding hydrogens is 378 g/mol. The molecule has 0 fully saturated rings. The molecule has 0 aliphatic heterocycles. The van der Waals surface area contributed by atoms with Crippen molar-refractivity contribution in [1.82, 2.24) is 5.32 Å². The van der Waals surface area contributed by atoms with Gasteiger partial charge in [0, 0.05) is 11.1 Å². The minimum Gasteiger partial charge on any atom is -0.456 e. The van der Waals surface area contributed by atoms with Gasteiger partial charge in [-0.15, -0.1) is 0 Å². The van der Waals surface area contributed by atoms with Crippen LogP contribution in [0.4, 0.5) is 0 Å². The molecule has 0 radical (unpaired) electrons. The number of carbonyl (C=O) groups is 3. The molecule has 0 unspecified atom stereocenters. The smallest absolute Gasteiger partial charge is 0.325 e. The Kier molecular flexibility index (Phi) is 7.19. The summed E-state index contributed by atoms with van der Waals surface area (Å²) in [6, 6.07) is 14.4. The minimum absolute atomic E-state index is 0.118. The second-order valence-electron chi connectivity index (χ2n) is 9.43. The Labute approximate surface area is 178 Å². The first-order valence-electron chi connectivity index (χ1n) is 10.1. The number of ketones is 1. The van der Waals surface area contributed by atoms with Crippen molar-refractivity contribution in [3.8, 4) is 0 Å². The molecule has 1 N–H and O–H groups in total. The number of hydrogen-bond acceptors (Lipinski definition) is 4. The fourth-order valence-electron chi connectivity index (χ4n) is 2.78. The molecule has 0 aromatic heterocycles. The van der Waals surface area contributed by atoms with Gasteiger partial charge in [-0.25, -0.2) is 0 Å². The summed E-state index contributed by atoms with van der Waals surface area (Å²) in [6.45, 7) is 11.9. The lowest BCUT2D eigenvalue weighted by atomic mass is 9.79. The van der Waals surface area contributed by atoms with Crippen LogP contribution in [0.1, 0.15) is 73.4 Å². The van der Waals surface area contributed by atoms with E-state index in [1.807, 2.05) is 12.1 Å². The molecule has 0 saturated heterocycles. The topological polar surface area (TPSA) is 72.5 Å². The molecule has 30 heavy (non-hydrogen) atoms. The Morgan fingerprint density at radius 3 is 1.83 bits per heavy atom. The lowest BCUT2D eigenvalue weighted by Crippen LogP contribution is -2.32. The summed E-state index contributed by atoms with van der Waals surface area (Å²) >= 11 is 0. The SMILES string of the molecule is CC(C)(C)c1cc(C(=O)NCC(=O)OCC(=O)c2ccccc2)cc(C(C)(C)C)c1. The van der Waals surface area contributed by atoms with Gasteiger partial charge in [0.2, 0.25) is 0 Å². The highest BCUT2D eigenvalue weighted by atomic mass is 16.5. The molecule has 1 amide bonds. The van der Waals surface area contributed by atoms with Gasteiger partial charge in [0.05, 0.1) is 0 Å². The average Bonchev–Trinajstić information content (AvgIpc) is 2.69. The van der Waals surface area contributed by atoms with Crippen molar-refractivity contribution in [3.05, 3.63) is 70.8 Å². The van der Waals surface area contributed by atoms with Crippen LogP contribution in [-0.2, 0) is 20.4 Å². The maximum atomic E-state index is 12.7. The van der Waals surface area contributed by atoms with Crippen molar-refractivity contribution in [1.29, 1.82) is 0 Å². The van der Waals surface area contributed by atoms with E-state index in [4.69, 9.17) is 4.74 Å². The van der Waals surface area contributed by atoms with Crippen molar-refractivity contribution >= 4 is 17.7 Å². The third-order valence-corrected chi connectivity index (χ3v) is 4.78. The first-order valence-corrected chi connectivity index (χ1v) is 10.1. The maximum Gasteiger partial charge on any atom is 0.325 e. The molecule has 2 rings (SSSR count). The van der Waals surface area contributed by atoms with Gasteiger partial charge >= 0.3 is 5.97 Å². The molecule has 0 aliphatic rings. The Hall–Kier alpha value is -2.95. The summed E-state index contributed by atoms with van der Waals surface area (Å²) in [6.07, 6.45) is 0. The third-order valence-electron chi connectivity index (χ3n) is 4.78. The number of carbonyl (C=O) groups excluding carboxylic acids is 3. The van der Waals surface area contributed by atoms with Crippen LogP contribution in [0.3, 0.4) is 0 Å².